The summed E-state index contributed by atoms with van der Waals surface area (Å²) in [6.07, 6.45) is -9.77. The van der Waals surface area contributed by atoms with Crippen molar-refractivity contribution in [3.63, 3.8) is 0 Å². The molecule has 2 aromatic rings. The Kier molecular flexibility index (Phi) is 6.29. The lowest BCUT2D eigenvalue weighted by Gasteiger charge is -2.39. The topological polar surface area (TPSA) is 46.3 Å². The van der Waals surface area contributed by atoms with Crippen LogP contribution in [0.4, 0.5) is 57.1 Å². The molecule has 16 heteroatoms. The third kappa shape index (κ3) is 3.71. The van der Waals surface area contributed by atoms with Gasteiger partial charge in [0.1, 0.15) is 5.69 Å². The summed E-state index contributed by atoms with van der Waals surface area (Å²) in [5.74, 6) is -40.8. The normalized spacial score (nSPS) is 15.6. The Balaban J connectivity index is 2.72. The molecule has 186 valence electrons. The summed E-state index contributed by atoms with van der Waals surface area (Å²) in [4.78, 5) is 0. The summed E-state index contributed by atoms with van der Waals surface area (Å²) in [6, 6.07) is 6.05. The second kappa shape index (κ2) is 7.77. The van der Waals surface area contributed by atoms with Gasteiger partial charge in [0.05, 0.1) is 11.7 Å². The van der Waals surface area contributed by atoms with Crippen LogP contribution >= 0.6 is 0 Å². The number of alkyl halides is 13. The summed E-state index contributed by atoms with van der Waals surface area (Å²) in [5.41, 5.74) is -2.48. The first-order valence-corrected chi connectivity index (χ1v) is 8.35. The first-order chi connectivity index (χ1) is 14.7. The number of benzene rings is 1. The summed E-state index contributed by atoms with van der Waals surface area (Å²) in [7, 11) is 0. The van der Waals surface area contributed by atoms with Crippen LogP contribution in [-0.4, -0.2) is 40.1 Å². The average Bonchev–Trinajstić information content (AvgIpc) is 3.13. The Hall–Kier alpha value is -2.52. The van der Waals surface area contributed by atoms with E-state index in [1.165, 1.54) is 18.2 Å². The second-order valence-corrected chi connectivity index (χ2v) is 6.69. The molecule has 1 aromatic heterocycles. The average molecular weight is 507 g/mol. The van der Waals surface area contributed by atoms with E-state index >= 15 is 0 Å². The van der Waals surface area contributed by atoms with Gasteiger partial charge in [-0.2, -0.15) is 57.1 Å². The molecule has 0 fully saturated rings. The highest BCUT2D eigenvalue weighted by Gasteiger charge is 2.91. The van der Waals surface area contributed by atoms with E-state index in [1.807, 2.05) is 0 Å². The van der Waals surface area contributed by atoms with Gasteiger partial charge in [0.2, 0.25) is 5.76 Å². The Morgan fingerprint density at radius 2 is 1.18 bits per heavy atom. The van der Waals surface area contributed by atoms with Crippen molar-refractivity contribution < 1.29 is 66.7 Å². The van der Waals surface area contributed by atoms with E-state index in [1.54, 1.807) is 0 Å². The highest BCUT2D eigenvalue weighted by atomic mass is 19.4. The van der Waals surface area contributed by atoms with Crippen molar-refractivity contribution in [2.24, 2.45) is 0 Å². The molecule has 2 rings (SSSR count). The van der Waals surface area contributed by atoms with Crippen molar-refractivity contribution in [3.05, 3.63) is 41.7 Å². The van der Waals surface area contributed by atoms with Gasteiger partial charge in [-0.1, -0.05) is 35.5 Å². The van der Waals surface area contributed by atoms with E-state index in [2.05, 4.69) is 9.68 Å². The van der Waals surface area contributed by atoms with Crippen LogP contribution in [0.1, 0.15) is 24.4 Å². The quantitative estimate of drug-likeness (QED) is 0.431. The first kappa shape index (κ1) is 26.7. The minimum atomic E-state index is -8.04. The predicted octanol–water partition coefficient (Wildman–Crippen LogP) is 6.59. The molecule has 0 amide bonds. The van der Waals surface area contributed by atoms with Crippen LogP contribution in [0.5, 0.6) is 0 Å². The molecule has 0 spiro atoms. The maximum atomic E-state index is 14.5. The zero-order valence-electron chi connectivity index (χ0n) is 15.7. The van der Waals surface area contributed by atoms with Crippen molar-refractivity contribution in [2.75, 3.05) is 0 Å². The maximum absolute atomic E-state index is 14.5. The zero-order valence-corrected chi connectivity index (χ0v) is 15.7. The monoisotopic (exact) mass is 507 g/mol. The van der Waals surface area contributed by atoms with Crippen LogP contribution < -0.4 is 0 Å². The van der Waals surface area contributed by atoms with Crippen LogP contribution in [-0.2, 0) is 5.92 Å². The van der Waals surface area contributed by atoms with Crippen LogP contribution in [0, 0.1) is 0 Å². The molecule has 0 radical (unpaired) electrons. The largest absolute Gasteiger partial charge is 0.460 e. The van der Waals surface area contributed by atoms with Crippen molar-refractivity contribution in [1.29, 1.82) is 0 Å². The predicted molar refractivity (Wildman–Crippen MR) is 82.3 cm³/mol. The number of hydrogen-bond donors (Lipinski definition) is 1. The van der Waals surface area contributed by atoms with Crippen molar-refractivity contribution in [2.45, 2.75) is 48.8 Å². The molecule has 0 saturated heterocycles. The Bertz CT molecular complexity index is 981. The number of aromatic nitrogens is 1. The molecule has 0 aliphatic rings. The summed E-state index contributed by atoms with van der Waals surface area (Å²) >= 11 is 0. The lowest BCUT2D eigenvalue weighted by molar-refractivity contribution is -0.442. The lowest BCUT2D eigenvalue weighted by atomic mass is 9.90. The second-order valence-electron chi connectivity index (χ2n) is 6.69. The highest BCUT2D eigenvalue weighted by Crippen LogP contribution is 2.62. The van der Waals surface area contributed by atoms with E-state index in [4.69, 9.17) is 0 Å². The van der Waals surface area contributed by atoms with Crippen LogP contribution in [0.25, 0.3) is 11.3 Å². The molecule has 0 bridgehead atoms. The third-order valence-electron chi connectivity index (χ3n) is 4.41. The van der Waals surface area contributed by atoms with Gasteiger partial charge in [-0.15, -0.1) is 0 Å². The fourth-order valence-corrected chi connectivity index (χ4v) is 2.63. The standard InChI is InChI=1S/C17H10F13NO2/c1-7(32)9-10(8-5-3-2-4-6-8)31-33-11(9)12(18,19)13(20,21)14(22,23)15(24,25)16(26,27)17(28,29)30/h2-7,32H,1H3. The molecule has 1 N–H and O–H groups in total. The summed E-state index contributed by atoms with van der Waals surface area (Å²) in [5, 5.41) is 12.6. The molecule has 1 aromatic carbocycles. The number of hydrogen-bond acceptors (Lipinski definition) is 3. The van der Waals surface area contributed by atoms with Gasteiger partial charge in [0.15, 0.2) is 0 Å². The molecule has 1 unspecified atom stereocenters. The highest BCUT2D eigenvalue weighted by molar-refractivity contribution is 5.64. The van der Waals surface area contributed by atoms with Crippen LogP contribution in [0.2, 0.25) is 0 Å². The Labute approximate surface area is 174 Å². The van der Waals surface area contributed by atoms with E-state index in [9.17, 15) is 62.2 Å². The molecule has 0 saturated carbocycles. The number of rotatable bonds is 7. The van der Waals surface area contributed by atoms with Gasteiger partial charge in [0.25, 0.3) is 0 Å². The van der Waals surface area contributed by atoms with E-state index < -0.39 is 58.9 Å². The lowest BCUT2D eigenvalue weighted by Crippen LogP contribution is -2.69. The van der Waals surface area contributed by atoms with Crippen molar-refractivity contribution >= 4 is 0 Å². The number of aliphatic hydroxyl groups excluding tert-OH is 1. The zero-order chi connectivity index (χ0) is 25.8. The van der Waals surface area contributed by atoms with Crippen LogP contribution in [0.15, 0.2) is 34.9 Å². The molecule has 3 nitrogen and oxygen atoms in total. The van der Waals surface area contributed by atoms with Gasteiger partial charge in [-0.05, 0) is 6.92 Å². The van der Waals surface area contributed by atoms with Crippen molar-refractivity contribution in [3.8, 4) is 11.3 Å². The van der Waals surface area contributed by atoms with E-state index in [0.717, 1.165) is 12.1 Å². The Morgan fingerprint density at radius 1 is 0.727 bits per heavy atom. The van der Waals surface area contributed by atoms with Gasteiger partial charge < -0.3 is 9.63 Å². The molecule has 1 heterocycles. The Morgan fingerprint density at radius 3 is 1.61 bits per heavy atom. The van der Waals surface area contributed by atoms with Gasteiger partial charge in [0, 0.05) is 5.56 Å². The SMILES string of the molecule is CC(O)c1c(-c2ccccc2)noc1C(F)(F)C(F)(F)C(F)(F)C(F)(F)C(F)(F)C(F)(F)F. The minimum Gasteiger partial charge on any atom is -0.388 e. The third-order valence-corrected chi connectivity index (χ3v) is 4.41. The molecule has 0 aliphatic heterocycles. The number of aliphatic hydroxyl groups is 1. The fraction of sp³-hybridized carbons (Fsp3) is 0.471. The van der Waals surface area contributed by atoms with E-state index in [-0.39, 0.29) is 5.56 Å². The van der Waals surface area contributed by atoms with Gasteiger partial charge >= 0.3 is 35.8 Å². The first-order valence-electron chi connectivity index (χ1n) is 8.35. The minimum absolute atomic E-state index is 0.219. The number of halogens is 13. The maximum Gasteiger partial charge on any atom is 0.460 e. The smallest absolute Gasteiger partial charge is 0.388 e. The van der Waals surface area contributed by atoms with Crippen molar-refractivity contribution in [1.82, 2.24) is 5.16 Å². The molecule has 33 heavy (non-hydrogen) atoms. The van der Waals surface area contributed by atoms with Crippen LogP contribution in [0.3, 0.4) is 0 Å². The molecule has 1 atom stereocenters. The number of nitrogens with zero attached hydrogens (tertiary/aromatic N) is 1. The van der Waals surface area contributed by atoms with E-state index in [0.29, 0.717) is 6.92 Å². The molecular formula is C17H10F13NO2. The summed E-state index contributed by atoms with van der Waals surface area (Å²) in [6.45, 7) is 0.626. The molecule has 0 aliphatic carbocycles. The van der Waals surface area contributed by atoms with Gasteiger partial charge in [-0.25, -0.2) is 0 Å². The van der Waals surface area contributed by atoms with Gasteiger partial charge in [-0.3, -0.25) is 0 Å². The summed E-state index contributed by atoms with van der Waals surface area (Å²) < 4.78 is 178. The fourth-order valence-electron chi connectivity index (χ4n) is 2.63. The molecular weight excluding hydrogens is 497 g/mol.